The van der Waals surface area contributed by atoms with Crippen LogP contribution in [0, 0.1) is 0 Å². The molecule has 1 aromatic heterocycles. The molecule has 1 heterocycles. The second-order valence-corrected chi connectivity index (χ2v) is 6.66. The highest BCUT2D eigenvalue weighted by Crippen LogP contribution is 2.24. The minimum Gasteiger partial charge on any atom is -0.479 e. The standard InChI is InChI=1S/C19H23N3O3/c1-13(24-16-7-5-15(6-8-16)19(2,3)4)18(23)25-22-17(20)14-9-11-21-12-10-14/h5-13H,1-4H3,(H2,20,22)/t13-/m0/s1. The predicted molar refractivity (Wildman–Crippen MR) is 96.3 cm³/mol. The second-order valence-electron chi connectivity index (χ2n) is 6.66. The Bertz CT molecular complexity index is 735. The van der Waals surface area contributed by atoms with E-state index in [0.717, 1.165) is 0 Å². The Balaban J connectivity index is 1.94. The number of pyridine rings is 1. The van der Waals surface area contributed by atoms with E-state index >= 15 is 0 Å². The van der Waals surface area contributed by atoms with Gasteiger partial charge in [0, 0.05) is 18.0 Å². The van der Waals surface area contributed by atoms with E-state index in [9.17, 15) is 4.79 Å². The Hall–Kier alpha value is -2.89. The van der Waals surface area contributed by atoms with Crippen LogP contribution in [0.25, 0.3) is 0 Å². The highest BCUT2D eigenvalue weighted by molar-refractivity contribution is 5.97. The van der Waals surface area contributed by atoms with E-state index in [0.29, 0.717) is 11.3 Å². The van der Waals surface area contributed by atoms with E-state index in [1.54, 1.807) is 31.5 Å². The third kappa shape index (κ3) is 5.31. The monoisotopic (exact) mass is 341 g/mol. The maximum atomic E-state index is 12.0. The summed E-state index contributed by atoms with van der Waals surface area (Å²) in [4.78, 5) is 20.7. The van der Waals surface area contributed by atoms with Crippen LogP contribution in [0.5, 0.6) is 5.75 Å². The lowest BCUT2D eigenvalue weighted by Gasteiger charge is -2.19. The smallest absolute Gasteiger partial charge is 0.374 e. The van der Waals surface area contributed by atoms with E-state index in [2.05, 4.69) is 30.9 Å². The highest BCUT2D eigenvalue weighted by Gasteiger charge is 2.18. The zero-order chi connectivity index (χ0) is 18.4. The Kier molecular flexibility index (Phi) is 5.75. The maximum absolute atomic E-state index is 12.0. The number of carbonyl (C=O) groups is 1. The topological polar surface area (TPSA) is 86.8 Å². The summed E-state index contributed by atoms with van der Waals surface area (Å²) in [6, 6.07) is 11.0. The van der Waals surface area contributed by atoms with Crippen molar-refractivity contribution >= 4 is 11.8 Å². The van der Waals surface area contributed by atoms with Crippen molar-refractivity contribution in [3.8, 4) is 5.75 Å². The van der Waals surface area contributed by atoms with Crippen LogP contribution in [0.3, 0.4) is 0 Å². The Labute approximate surface area is 147 Å². The molecule has 6 nitrogen and oxygen atoms in total. The molecule has 0 fully saturated rings. The van der Waals surface area contributed by atoms with E-state index in [1.807, 2.05) is 24.3 Å². The molecule has 0 aliphatic carbocycles. The van der Waals surface area contributed by atoms with E-state index in [4.69, 9.17) is 15.3 Å². The van der Waals surface area contributed by atoms with Crippen LogP contribution in [0.15, 0.2) is 53.9 Å². The van der Waals surface area contributed by atoms with Gasteiger partial charge in [-0.1, -0.05) is 38.1 Å². The SMILES string of the molecule is C[C@H](Oc1ccc(C(C)(C)C)cc1)C(=O)O/N=C(/N)c1ccncc1. The first kappa shape index (κ1) is 18.4. The van der Waals surface area contributed by atoms with Gasteiger partial charge in [-0.2, -0.15) is 0 Å². The molecule has 0 unspecified atom stereocenters. The van der Waals surface area contributed by atoms with Crippen LogP contribution in [0.2, 0.25) is 0 Å². The molecular formula is C19H23N3O3. The van der Waals surface area contributed by atoms with Gasteiger partial charge < -0.3 is 15.3 Å². The normalized spacial score (nSPS) is 13.2. The number of hydrogen-bond donors (Lipinski definition) is 1. The van der Waals surface area contributed by atoms with Crippen LogP contribution in [-0.4, -0.2) is 22.9 Å². The summed E-state index contributed by atoms with van der Waals surface area (Å²) in [5, 5.41) is 3.64. The lowest BCUT2D eigenvalue weighted by atomic mass is 9.87. The van der Waals surface area contributed by atoms with Crippen LogP contribution in [0.4, 0.5) is 0 Å². The van der Waals surface area contributed by atoms with Crippen LogP contribution in [-0.2, 0) is 15.0 Å². The number of nitrogens with zero attached hydrogens (tertiary/aromatic N) is 2. The van der Waals surface area contributed by atoms with Gasteiger partial charge in [-0.15, -0.1) is 0 Å². The minimum atomic E-state index is -0.811. The van der Waals surface area contributed by atoms with Crippen molar-refractivity contribution in [3.05, 3.63) is 59.9 Å². The number of oxime groups is 1. The predicted octanol–water partition coefficient (Wildman–Crippen LogP) is 3.01. The summed E-state index contributed by atoms with van der Waals surface area (Å²) in [6.45, 7) is 7.99. The fourth-order valence-corrected chi connectivity index (χ4v) is 2.03. The van der Waals surface area contributed by atoms with E-state index in [-0.39, 0.29) is 11.3 Å². The van der Waals surface area contributed by atoms with E-state index < -0.39 is 12.1 Å². The van der Waals surface area contributed by atoms with Crippen molar-refractivity contribution in [2.75, 3.05) is 0 Å². The quantitative estimate of drug-likeness (QED) is 0.391. The van der Waals surface area contributed by atoms with Crippen molar-refractivity contribution in [3.63, 3.8) is 0 Å². The molecular weight excluding hydrogens is 318 g/mol. The summed E-state index contributed by atoms with van der Waals surface area (Å²) >= 11 is 0. The highest BCUT2D eigenvalue weighted by atomic mass is 16.7. The van der Waals surface area contributed by atoms with Crippen LogP contribution < -0.4 is 10.5 Å². The maximum Gasteiger partial charge on any atom is 0.374 e. The molecule has 132 valence electrons. The lowest BCUT2D eigenvalue weighted by Crippen LogP contribution is -2.26. The number of nitrogens with two attached hydrogens (primary N) is 1. The molecule has 25 heavy (non-hydrogen) atoms. The fraction of sp³-hybridized carbons (Fsp3) is 0.316. The first-order valence-corrected chi connectivity index (χ1v) is 7.99. The molecule has 2 aromatic rings. The van der Waals surface area contributed by atoms with Gasteiger partial charge in [0.25, 0.3) is 0 Å². The van der Waals surface area contributed by atoms with Crippen molar-refractivity contribution in [2.45, 2.75) is 39.2 Å². The zero-order valence-electron chi connectivity index (χ0n) is 14.9. The Morgan fingerprint density at radius 1 is 1.12 bits per heavy atom. The summed E-state index contributed by atoms with van der Waals surface area (Å²) in [5.41, 5.74) is 7.62. The molecule has 0 amide bonds. The van der Waals surface area contributed by atoms with Crippen molar-refractivity contribution < 1.29 is 14.4 Å². The number of amidine groups is 1. The lowest BCUT2D eigenvalue weighted by molar-refractivity contribution is -0.151. The number of benzene rings is 1. The van der Waals surface area contributed by atoms with Gasteiger partial charge in [0.2, 0.25) is 0 Å². The summed E-state index contributed by atoms with van der Waals surface area (Å²) in [7, 11) is 0. The molecule has 2 N–H and O–H groups in total. The minimum absolute atomic E-state index is 0.0578. The molecule has 1 aromatic carbocycles. The first-order chi connectivity index (χ1) is 11.8. The third-order valence-electron chi connectivity index (χ3n) is 3.58. The zero-order valence-corrected chi connectivity index (χ0v) is 14.9. The summed E-state index contributed by atoms with van der Waals surface area (Å²) in [5.74, 6) is 0.0536. The number of hydrogen-bond acceptors (Lipinski definition) is 5. The van der Waals surface area contributed by atoms with Gasteiger partial charge in [0.05, 0.1) is 0 Å². The van der Waals surface area contributed by atoms with Gasteiger partial charge in [-0.25, -0.2) is 4.79 Å². The molecule has 0 radical (unpaired) electrons. The molecule has 6 heteroatoms. The number of rotatable bonds is 5. The largest absolute Gasteiger partial charge is 0.479 e. The molecule has 0 saturated heterocycles. The Morgan fingerprint density at radius 3 is 2.28 bits per heavy atom. The average molecular weight is 341 g/mol. The molecule has 0 saturated carbocycles. The van der Waals surface area contributed by atoms with Gasteiger partial charge >= 0.3 is 5.97 Å². The molecule has 2 rings (SSSR count). The van der Waals surface area contributed by atoms with Gasteiger partial charge in [0.15, 0.2) is 11.9 Å². The summed E-state index contributed by atoms with van der Waals surface area (Å²) < 4.78 is 5.59. The Morgan fingerprint density at radius 2 is 1.72 bits per heavy atom. The van der Waals surface area contributed by atoms with Gasteiger partial charge in [-0.3, -0.25) is 4.98 Å². The molecule has 0 bridgehead atoms. The van der Waals surface area contributed by atoms with Crippen LogP contribution >= 0.6 is 0 Å². The molecule has 1 atom stereocenters. The van der Waals surface area contributed by atoms with Gasteiger partial charge in [0.1, 0.15) is 5.75 Å². The molecule has 0 aliphatic rings. The van der Waals surface area contributed by atoms with Crippen molar-refractivity contribution in [2.24, 2.45) is 10.9 Å². The number of ether oxygens (including phenoxy) is 1. The number of carbonyl (C=O) groups excluding carboxylic acids is 1. The summed E-state index contributed by atoms with van der Waals surface area (Å²) in [6.07, 6.45) is 2.34. The van der Waals surface area contributed by atoms with Crippen LogP contribution in [0.1, 0.15) is 38.8 Å². The number of aromatic nitrogens is 1. The third-order valence-corrected chi connectivity index (χ3v) is 3.58. The fourth-order valence-electron chi connectivity index (χ4n) is 2.03. The molecule has 0 spiro atoms. The van der Waals surface area contributed by atoms with Crippen molar-refractivity contribution in [1.82, 2.24) is 4.98 Å². The average Bonchev–Trinajstić information content (AvgIpc) is 2.59. The van der Waals surface area contributed by atoms with Gasteiger partial charge in [-0.05, 0) is 42.2 Å². The molecule has 0 aliphatic heterocycles. The first-order valence-electron chi connectivity index (χ1n) is 7.99. The second kappa shape index (κ2) is 7.79. The van der Waals surface area contributed by atoms with Crippen molar-refractivity contribution in [1.29, 1.82) is 0 Å². The van der Waals surface area contributed by atoms with E-state index in [1.165, 1.54) is 5.56 Å².